The first-order valence-corrected chi connectivity index (χ1v) is 8.97. The van der Waals surface area contributed by atoms with Crippen molar-refractivity contribution in [2.45, 2.75) is 18.7 Å². The van der Waals surface area contributed by atoms with Crippen LogP contribution in [0.5, 0.6) is 0 Å². The quantitative estimate of drug-likeness (QED) is 0.808. The molecule has 2 aliphatic heterocycles. The van der Waals surface area contributed by atoms with Gasteiger partial charge in [-0.3, -0.25) is 9.79 Å². The molecule has 6 heteroatoms. The predicted octanol–water partition coefficient (Wildman–Crippen LogP) is 4.25. The first-order valence-electron chi connectivity index (χ1n) is 7.60. The monoisotopic (exact) mass is 355 g/mol. The number of rotatable bonds is 2. The van der Waals surface area contributed by atoms with Crippen molar-refractivity contribution in [3.05, 3.63) is 64.7 Å². The van der Waals surface area contributed by atoms with E-state index in [0.717, 1.165) is 16.8 Å². The maximum absolute atomic E-state index is 12.5. The molecule has 24 heavy (non-hydrogen) atoms. The molecule has 4 rings (SSSR count). The summed E-state index contributed by atoms with van der Waals surface area (Å²) in [7, 11) is 0. The molecule has 0 fully saturated rings. The second kappa shape index (κ2) is 6.07. The van der Waals surface area contributed by atoms with Crippen LogP contribution in [0.1, 0.15) is 18.1 Å². The molecule has 0 aliphatic carbocycles. The van der Waals surface area contributed by atoms with Gasteiger partial charge in [-0.1, -0.05) is 47.6 Å². The Kier molecular flexibility index (Phi) is 3.90. The number of amidine groups is 2. The fourth-order valence-corrected chi connectivity index (χ4v) is 3.90. The molecule has 0 saturated carbocycles. The van der Waals surface area contributed by atoms with E-state index in [1.54, 1.807) is 4.90 Å². The Labute approximate surface area is 149 Å². The third-order valence-corrected chi connectivity index (χ3v) is 5.16. The van der Waals surface area contributed by atoms with Crippen LogP contribution in [0.15, 0.2) is 58.5 Å². The number of fused-ring (bicyclic) bond motifs is 3. The number of aliphatic imine (C=N–C) groups is 2. The SMILES string of the molecule is CC1N=C2c3ccccc3N=C(SCc3cccc(Cl)c3)N2C1=O. The van der Waals surface area contributed by atoms with Gasteiger partial charge >= 0.3 is 0 Å². The third-order valence-electron chi connectivity index (χ3n) is 3.91. The second-order valence-electron chi connectivity index (χ2n) is 5.63. The number of nitrogens with zero attached hydrogens (tertiary/aromatic N) is 3. The van der Waals surface area contributed by atoms with E-state index in [4.69, 9.17) is 11.6 Å². The van der Waals surface area contributed by atoms with E-state index in [1.807, 2.05) is 55.5 Å². The molecule has 0 aromatic heterocycles. The van der Waals surface area contributed by atoms with E-state index < -0.39 is 0 Å². The van der Waals surface area contributed by atoms with E-state index in [-0.39, 0.29) is 11.9 Å². The number of thioether (sulfide) groups is 1. The minimum absolute atomic E-state index is 0.0307. The molecule has 2 aromatic rings. The summed E-state index contributed by atoms with van der Waals surface area (Å²) >= 11 is 7.56. The zero-order chi connectivity index (χ0) is 16.7. The lowest BCUT2D eigenvalue weighted by molar-refractivity contribution is -0.124. The smallest absolute Gasteiger partial charge is 0.258 e. The van der Waals surface area contributed by atoms with Gasteiger partial charge in [-0.15, -0.1) is 0 Å². The molecule has 1 amide bonds. The van der Waals surface area contributed by atoms with Crippen LogP contribution in [0, 0.1) is 0 Å². The zero-order valence-electron chi connectivity index (χ0n) is 12.9. The second-order valence-corrected chi connectivity index (χ2v) is 7.01. The van der Waals surface area contributed by atoms with Crippen molar-refractivity contribution in [3.8, 4) is 0 Å². The standard InChI is InChI=1S/C18H14ClN3OS/c1-11-17(23)22-16(20-11)14-7-2-3-8-15(14)21-18(22)24-10-12-5-4-6-13(19)9-12/h2-9,11H,10H2,1H3. The van der Waals surface area contributed by atoms with Gasteiger partial charge in [0.1, 0.15) is 11.9 Å². The normalized spacial score (nSPS) is 18.8. The summed E-state index contributed by atoms with van der Waals surface area (Å²) in [5.74, 6) is 1.36. The minimum atomic E-state index is -0.372. The van der Waals surface area contributed by atoms with Crippen molar-refractivity contribution in [2.75, 3.05) is 0 Å². The van der Waals surface area contributed by atoms with Crippen molar-refractivity contribution in [1.82, 2.24) is 4.90 Å². The summed E-state index contributed by atoms with van der Waals surface area (Å²) < 4.78 is 0. The van der Waals surface area contributed by atoms with Gasteiger partial charge in [-0.05, 0) is 36.8 Å². The molecule has 0 N–H and O–H groups in total. The van der Waals surface area contributed by atoms with Crippen molar-refractivity contribution in [2.24, 2.45) is 9.98 Å². The molecule has 2 aliphatic rings. The maximum atomic E-state index is 12.5. The lowest BCUT2D eigenvalue weighted by atomic mass is 10.1. The van der Waals surface area contributed by atoms with Crippen LogP contribution in [0.25, 0.3) is 0 Å². The molecule has 1 atom stereocenters. The summed E-state index contributed by atoms with van der Waals surface area (Å²) in [4.78, 5) is 23.4. The highest BCUT2D eigenvalue weighted by atomic mass is 35.5. The maximum Gasteiger partial charge on any atom is 0.258 e. The van der Waals surface area contributed by atoms with Crippen LogP contribution in [-0.2, 0) is 10.5 Å². The van der Waals surface area contributed by atoms with Gasteiger partial charge in [0, 0.05) is 16.3 Å². The van der Waals surface area contributed by atoms with Crippen LogP contribution in [0.4, 0.5) is 5.69 Å². The van der Waals surface area contributed by atoms with Crippen LogP contribution in [0.3, 0.4) is 0 Å². The zero-order valence-corrected chi connectivity index (χ0v) is 14.5. The van der Waals surface area contributed by atoms with Gasteiger partial charge in [-0.2, -0.15) is 0 Å². The van der Waals surface area contributed by atoms with E-state index in [1.165, 1.54) is 11.8 Å². The van der Waals surface area contributed by atoms with Gasteiger partial charge in [-0.25, -0.2) is 9.89 Å². The lowest BCUT2D eigenvalue weighted by Crippen LogP contribution is -2.40. The molecule has 2 heterocycles. The number of benzene rings is 2. The molecule has 0 radical (unpaired) electrons. The summed E-state index contributed by atoms with van der Waals surface area (Å²) in [6.07, 6.45) is 0. The largest absolute Gasteiger partial charge is 0.272 e. The fourth-order valence-electron chi connectivity index (χ4n) is 2.75. The average molecular weight is 356 g/mol. The summed E-state index contributed by atoms with van der Waals surface area (Å²) in [6.45, 7) is 1.82. The number of amides is 1. The van der Waals surface area contributed by atoms with Crippen LogP contribution in [-0.4, -0.2) is 27.9 Å². The van der Waals surface area contributed by atoms with Crippen LogP contribution >= 0.6 is 23.4 Å². The highest BCUT2D eigenvalue weighted by molar-refractivity contribution is 8.13. The first-order chi connectivity index (χ1) is 11.6. The molecule has 0 saturated heterocycles. The van der Waals surface area contributed by atoms with Crippen molar-refractivity contribution >= 4 is 46.0 Å². The number of halogens is 1. The molecule has 4 nitrogen and oxygen atoms in total. The summed E-state index contributed by atoms with van der Waals surface area (Å²) in [5, 5.41) is 1.37. The first kappa shape index (κ1) is 15.4. The molecule has 2 aromatic carbocycles. The van der Waals surface area contributed by atoms with Crippen LogP contribution in [0.2, 0.25) is 5.02 Å². The third kappa shape index (κ3) is 2.64. The average Bonchev–Trinajstić information content (AvgIpc) is 2.89. The Hall–Kier alpha value is -2.11. The Bertz CT molecular complexity index is 893. The minimum Gasteiger partial charge on any atom is -0.272 e. The molecule has 0 bridgehead atoms. The lowest BCUT2D eigenvalue weighted by Gasteiger charge is -2.25. The molecule has 120 valence electrons. The van der Waals surface area contributed by atoms with Gasteiger partial charge in [0.15, 0.2) is 5.17 Å². The Morgan fingerprint density at radius 1 is 1.21 bits per heavy atom. The highest BCUT2D eigenvalue weighted by Gasteiger charge is 2.39. The predicted molar refractivity (Wildman–Crippen MR) is 99.1 cm³/mol. The molecular formula is C18H14ClN3OS. The number of para-hydroxylation sites is 1. The van der Waals surface area contributed by atoms with E-state index >= 15 is 0 Å². The van der Waals surface area contributed by atoms with Crippen molar-refractivity contribution in [3.63, 3.8) is 0 Å². The molecule has 1 unspecified atom stereocenters. The van der Waals surface area contributed by atoms with Crippen molar-refractivity contribution < 1.29 is 4.79 Å². The van der Waals surface area contributed by atoms with E-state index in [9.17, 15) is 4.79 Å². The van der Waals surface area contributed by atoms with Crippen LogP contribution < -0.4 is 0 Å². The Morgan fingerprint density at radius 3 is 2.88 bits per heavy atom. The Morgan fingerprint density at radius 2 is 2.04 bits per heavy atom. The van der Waals surface area contributed by atoms with E-state index in [0.29, 0.717) is 21.8 Å². The summed E-state index contributed by atoms with van der Waals surface area (Å²) in [5.41, 5.74) is 2.84. The number of carbonyl (C=O) groups is 1. The number of hydrogen-bond acceptors (Lipinski definition) is 4. The molecular weight excluding hydrogens is 342 g/mol. The van der Waals surface area contributed by atoms with Gasteiger partial charge in [0.05, 0.1) is 5.69 Å². The fraction of sp³-hybridized carbons (Fsp3) is 0.167. The number of hydrogen-bond donors (Lipinski definition) is 0. The van der Waals surface area contributed by atoms with Gasteiger partial charge in [0.2, 0.25) is 0 Å². The highest BCUT2D eigenvalue weighted by Crippen LogP contribution is 2.34. The topological polar surface area (TPSA) is 45.0 Å². The van der Waals surface area contributed by atoms with E-state index in [2.05, 4.69) is 9.98 Å². The number of carbonyl (C=O) groups excluding carboxylic acids is 1. The van der Waals surface area contributed by atoms with Crippen molar-refractivity contribution in [1.29, 1.82) is 0 Å². The van der Waals surface area contributed by atoms with Gasteiger partial charge < -0.3 is 0 Å². The van der Waals surface area contributed by atoms with Gasteiger partial charge in [0.25, 0.3) is 5.91 Å². The molecule has 0 spiro atoms. The Balaban J connectivity index is 1.68. The summed E-state index contributed by atoms with van der Waals surface area (Å²) in [6, 6.07) is 15.1.